The molecule has 2 aromatic carbocycles. The first-order valence-corrected chi connectivity index (χ1v) is 9.18. The standard InChI is InChI=1S/C20H24N2O.C2H2O4/c1-14-7-15(2)9-16(8-14)12-23-13-18(21)10-17-11-22-20-6-4-3-5-19(17)20;3-1(4)2(5)6/h3-9,11,18,22H,10,12-13,21H2,1-2H3;(H,3,4)(H,5,6). The molecule has 0 spiro atoms. The number of nitrogens with two attached hydrogens (primary N) is 1. The number of carboxylic acid groups (broad SMARTS) is 2. The highest BCUT2D eigenvalue weighted by Gasteiger charge is 2.09. The van der Waals surface area contributed by atoms with E-state index in [2.05, 4.69) is 61.4 Å². The number of rotatable bonds is 6. The van der Waals surface area contributed by atoms with Crippen molar-refractivity contribution in [2.75, 3.05) is 6.61 Å². The van der Waals surface area contributed by atoms with Crippen LogP contribution in [0.3, 0.4) is 0 Å². The zero-order chi connectivity index (χ0) is 21.4. The van der Waals surface area contributed by atoms with E-state index in [1.807, 2.05) is 6.07 Å². The Morgan fingerprint density at radius 2 is 1.69 bits per heavy atom. The van der Waals surface area contributed by atoms with Gasteiger partial charge < -0.3 is 25.7 Å². The lowest BCUT2D eigenvalue weighted by Gasteiger charge is -2.12. The zero-order valence-corrected chi connectivity index (χ0v) is 16.5. The second kappa shape index (κ2) is 10.4. The number of aromatic amines is 1. The van der Waals surface area contributed by atoms with Crippen LogP contribution in [0.25, 0.3) is 10.9 Å². The molecule has 1 unspecified atom stereocenters. The molecule has 1 heterocycles. The Kier molecular flexibility index (Phi) is 7.94. The van der Waals surface area contributed by atoms with Gasteiger partial charge in [0.05, 0.1) is 13.2 Å². The second-order valence-corrected chi connectivity index (χ2v) is 6.95. The number of benzene rings is 2. The summed E-state index contributed by atoms with van der Waals surface area (Å²) in [5, 5.41) is 16.0. The molecule has 0 saturated carbocycles. The molecule has 0 aliphatic heterocycles. The number of H-pyrrole nitrogens is 1. The number of aliphatic carboxylic acids is 2. The van der Waals surface area contributed by atoms with E-state index < -0.39 is 11.9 Å². The second-order valence-electron chi connectivity index (χ2n) is 6.95. The molecule has 29 heavy (non-hydrogen) atoms. The average molecular weight is 398 g/mol. The zero-order valence-electron chi connectivity index (χ0n) is 16.5. The molecule has 5 N–H and O–H groups in total. The molecule has 3 rings (SSSR count). The van der Waals surface area contributed by atoms with Crippen LogP contribution < -0.4 is 5.73 Å². The third-order valence-electron chi connectivity index (χ3n) is 4.22. The Hall–Kier alpha value is -3.16. The fourth-order valence-electron chi connectivity index (χ4n) is 3.12. The van der Waals surface area contributed by atoms with Crippen LogP contribution in [0.15, 0.2) is 48.7 Å². The molecule has 7 nitrogen and oxygen atoms in total. The van der Waals surface area contributed by atoms with Gasteiger partial charge in [-0.2, -0.15) is 0 Å². The van der Waals surface area contributed by atoms with Gasteiger partial charge in [-0.25, -0.2) is 9.59 Å². The summed E-state index contributed by atoms with van der Waals surface area (Å²) in [7, 11) is 0. The van der Waals surface area contributed by atoms with Crippen molar-refractivity contribution in [1.82, 2.24) is 4.98 Å². The maximum atomic E-state index is 9.10. The molecule has 154 valence electrons. The molecular formula is C22H26N2O5. The first-order valence-electron chi connectivity index (χ1n) is 9.18. The summed E-state index contributed by atoms with van der Waals surface area (Å²) in [6.07, 6.45) is 2.87. The van der Waals surface area contributed by atoms with Gasteiger partial charge in [-0.3, -0.25) is 0 Å². The Bertz CT molecular complexity index is 948. The van der Waals surface area contributed by atoms with Crippen LogP contribution in [0.2, 0.25) is 0 Å². The van der Waals surface area contributed by atoms with Gasteiger partial charge in [-0.15, -0.1) is 0 Å². The number of nitrogens with one attached hydrogen (secondary N) is 1. The number of hydrogen-bond donors (Lipinski definition) is 4. The van der Waals surface area contributed by atoms with Crippen LogP contribution in [0.4, 0.5) is 0 Å². The molecule has 0 saturated heterocycles. The third-order valence-corrected chi connectivity index (χ3v) is 4.22. The van der Waals surface area contributed by atoms with Crippen LogP contribution in [-0.4, -0.2) is 39.8 Å². The molecule has 0 fully saturated rings. The monoisotopic (exact) mass is 398 g/mol. The molecule has 0 amide bonds. The molecule has 7 heteroatoms. The van der Waals surface area contributed by atoms with E-state index >= 15 is 0 Å². The van der Waals surface area contributed by atoms with E-state index in [-0.39, 0.29) is 6.04 Å². The number of carboxylic acids is 2. The lowest BCUT2D eigenvalue weighted by Crippen LogP contribution is -2.28. The molecule has 0 bridgehead atoms. The van der Waals surface area contributed by atoms with E-state index in [9.17, 15) is 0 Å². The summed E-state index contributed by atoms with van der Waals surface area (Å²) in [4.78, 5) is 21.5. The van der Waals surface area contributed by atoms with Gasteiger partial charge in [0.2, 0.25) is 0 Å². The number of aryl methyl sites for hydroxylation is 2. The Morgan fingerprint density at radius 1 is 1.07 bits per heavy atom. The number of hydrogen-bond acceptors (Lipinski definition) is 4. The van der Waals surface area contributed by atoms with Gasteiger partial charge in [0.1, 0.15) is 0 Å². The summed E-state index contributed by atoms with van der Waals surface area (Å²) >= 11 is 0. The molecule has 3 aromatic rings. The van der Waals surface area contributed by atoms with E-state index in [1.165, 1.54) is 27.6 Å². The van der Waals surface area contributed by atoms with Crippen LogP contribution in [0.1, 0.15) is 22.3 Å². The topological polar surface area (TPSA) is 126 Å². The smallest absolute Gasteiger partial charge is 0.414 e. The van der Waals surface area contributed by atoms with Crippen molar-refractivity contribution >= 4 is 22.8 Å². The SMILES string of the molecule is Cc1cc(C)cc(COCC(N)Cc2c[nH]c3ccccc23)c1.O=C(O)C(=O)O. The maximum Gasteiger partial charge on any atom is 0.414 e. The number of aromatic nitrogens is 1. The van der Waals surface area contributed by atoms with Crippen molar-refractivity contribution in [3.8, 4) is 0 Å². The molecule has 1 atom stereocenters. The molecule has 0 radical (unpaired) electrons. The molecule has 1 aromatic heterocycles. The predicted octanol–water partition coefficient (Wildman–Crippen LogP) is 3.03. The minimum absolute atomic E-state index is 0.000104. The summed E-state index contributed by atoms with van der Waals surface area (Å²) in [6.45, 7) is 5.40. The molecule has 0 aliphatic rings. The Labute approximate surface area is 169 Å². The lowest BCUT2D eigenvalue weighted by atomic mass is 10.1. The Morgan fingerprint density at radius 3 is 2.31 bits per heavy atom. The number of ether oxygens (including phenoxy) is 1. The van der Waals surface area contributed by atoms with Gasteiger partial charge in [0.25, 0.3) is 0 Å². The highest BCUT2D eigenvalue weighted by atomic mass is 16.5. The number of para-hydroxylation sites is 1. The first kappa shape index (κ1) is 22.1. The van der Waals surface area contributed by atoms with Crippen LogP contribution in [0.5, 0.6) is 0 Å². The molecular weight excluding hydrogens is 372 g/mol. The van der Waals surface area contributed by atoms with Gasteiger partial charge in [0, 0.05) is 23.1 Å². The highest BCUT2D eigenvalue weighted by molar-refractivity contribution is 6.27. The number of fused-ring (bicyclic) bond motifs is 1. The fourth-order valence-corrected chi connectivity index (χ4v) is 3.12. The van der Waals surface area contributed by atoms with Crippen LogP contribution in [-0.2, 0) is 27.4 Å². The van der Waals surface area contributed by atoms with E-state index in [0.29, 0.717) is 13.2 Å². The largest absolute Gasteiger partial charge is 0.473 e. The van der Waals surface area contributed by atoms with Gasteiger partial charge in [-0.05, 0) is 37.5 Å². The predicted molar refractivity (Wildman–Crippen MR) is 111 cm³/mol. The van der Waals surface area contributed by atoms with Crippen molar-refractivity contribution in [1.29, 1.82) is 0 Å². The van der Waals surface area contributed by atoms with E-state index in [0.717, 1.165) is 11.9 Å². The summed E-state index contributed by atoms with van der Waals surface area (Å²) in [5.41, 5.74) is 12.4. The van der Waals surface area contributed by atoms with Crippen molar-refractivity contribution in [2.45, 2.75) is 32.9 Å². The summed E-state index contributed by atoms with van der Waals surface area (Å²) in [5.74, 6) is -3.65. The quantitative estimate of drug-likeness (QED) is 0.473. The normalized spacial score (nSPS) is 11.6. The van der Waals surface area contributed by atoms with Crippen molar-refractivity contribution in [2.24, 2.45) is 5.73 Å². The van der Waals surface area contributed by atoms with Gasteiger partial charge in [0.15, 0.2) is 0 Å². The van der Waals surface area contributed by atoms with Crippen LogP contribution >= 0.6 is 0 Å². The highest BCUT2D eigenvalue weighted by Crippen LogP contribution is 2.19. The summed E-state index contributed by atoms with van der Waals surface area (Å²) in [6, 6.07) is 14.8. The number of carbonyl (C=O) groups is 2. The molecule has 0 aliphatic carbocycles. The van der Waals surface area contributed by atoms with Crippen molar-refractivity contribution in [3.05, 3.63) is 70.9 Å². The van der Waals surface area contributed by atoms with Crippen molar-refractivity contribution in [3.63, 3.8) is 0 Å². The first-order chi connectivity index (χ1) is 13.8. The van der Waals surface area contributed by atoms with E-state index in [4.69, 9.17) is 30.3 Å². The summed E-state index contributed by atoms with van der Waals surface area (Å²) < 4.78 is 5.82. The average Bonchev–Trinajstić information content (AvgIpc) is 3.04. The lowest BCUT2D eigenvalue weighted by molar-refractivity contribution is -0.159. The minimum atomic E-state index is -1.82. The Balaban J connectivity index is 0.000000438. The van der Waals surface area contributed by atoms with E-state index in [1.54, 1.807) is 0 Å². The minimum Gasteiger partial charge on any atom is -0.473 e. The van der Waals surface area contributed by atoms with Gasteiger partial charge >= 0.3 is 11.9 Å². The van der Waals surface area contributed by atoms with Gasteiger partial charge in [-0.1, -0.05) is 47.5 Å². The maximum absolute atomic E-state index is 9.10. The van der Waals surface area contributed by atoms with Crippen molar-refractivity contribution < 1.29 is 24.5 Å². The third kappa shape index (κ3) is 7.06. The van der Waals surface area contributed by atoms with Crippen LogP contribution in [0, 0.1) is 13.8 Å². The fraction of sp³-hybridized carbons (Fsp3) is 0.273.